The second-order valence-corrected chi connectivity index (χ2v) is 8.59. The molecule has 4 rings (SSSR count). The highest BCUT2D eigenvalue weighted by atomic mass is 16.5. The Kier molecular flexibility index (Phi) is 6.67. The van der Waals surface area contributed by atoms with Gasteiger partial charge in [-0.05, 0) is 63.1 Å². The molecular formula is C23H33N5O2. The van der Waals surface area contributed by atoms with E-state index in [1.807, 2.05) is 27.9 Å². The molecule has 1 aromatic carbocycles. The number of carbonyl (C=O) groups excluding carboxylic acids is 1. The molecule has 0 unspecified atom stereocenters. The Labute approximate surface area is 179 Å². The first-order chi connectivity index (χ1) is 14.6. The number of rotatable bonds is 7. The molecule has 0 N–H and O–H groups in total. The number of nitrogens with zero attached hydrogens (tertiary/aromatic N) is 5. The quantitative estimate of drug-likeness (QED) is 0.700. The Morgan fingerprint density at radius 2 is 1.83 bits per heavy atom. The number of amides is 1. The van der Waals surface area contributed by atoms with Gasteiger partial charge in [0.15, 0.2) is 5.69 Å². The van der Waals surface area contributed by atoms with E-state index in [-0.39, 0.29) is 5.91 Å². The first-order valence-electron chi connectivity index (χ1n) is 11.2. The van der Waals surface area contributed by atoms with Crippen LogP contribution in [0.3, 0.4) is 0 Å². The second kappa shape index (κ2) is 9.60. The zero-order valence-corrected chi connectivity index (χ0v) is 18.2. The number of aromatic nitrogens is 3. The predicted octanol–water partition coefficient (Wildman–Crippen LogP) is 3.18. The van der Waals surface area contributed by atoms with Crippen molar-refractivity contribution in [1.29, 1.82) is 0 Å². The molecule has 3 heterocycles. The van der Waals surface area contributed by atoms with Gasteiger partial charge in [-0.25, -0.2) is 4.68 Å². The Morgan fingerprint density at radius 3 is 2.50 bits per heavy atom. The van der Waals surface area contributed by atoms with Gasteiger partial charge >= 0.3 is 0 Å². The Morgan fingerprint density at radius 1 is 1.13 bits per heavy atom. The van der Waals surface area contributed by atoms with E-state index in [1.165, 1.54) is 5.56 Å². The molecular weight excluding hydrogens is 378 g/mol. The highest BCUT2D eigenvalue weighted by Crippen LogP contribution is 2.25. The zero-order chi connectivity index (χ0) is 20.9. The average Bonchev–Trinajstić information content (AvgIpc) is 3.50. The van der Waals surface area contributed by atoms with Gasteiger partial charge < -0.3 is 14.5 Å². The van der Waals surface area contributed by atoms with E-state index in [9.17, 15) is 4.79 Å². The maximum absolute atomic E-state index is 12.5. The summed E-state index contributed by atoms with van der Waals surface area (Å²) < 4.78 is 7.16. The standard InChI is InChI=1S/C23H33N5O2/c1-18(5-6-19-7-9-21(30-2)10-8-19)26-15-11-20(12-16-26)28-17-22(24-25-28)23(29)27-13-3-4-14-27/h7-10,17-18,20H,3-6,11-16H2,1-2H3/t18-/m1/s1. The lowest BCUT2D eigenvalue weighted by atomic mass is 10.00. The normalized spacial score (nSPS) is 19.2. The Bertz CT molecular complexity index is 820. The molecule has 0 bridgehead atoms. The minimum absolute atomic E-state index is 0.0309. The smallest absolute Gasteiger partial charge is 0.276 e. The number of benzene rings is 1. The van der Waals surface area contributed by atoms with Crippen LogP contribution >= 0.6 is 0 Å². The van der Waals surface area contributed by atoms with Gasteiger partial charge in [0.25, 0.3) is 5.91 Å². The van der Waals surface area contributed by atoms with Gasteiger partial charge in [0.05, 0.1) is 19.3 Å². The minimum atomic E-state index is 0.0309. The van der Waals surface area contributed by atoms with E-state index < -0.39 is 0 Å². The summed E-state index contributed by atoms with van der Waals surface area (Å²) in [6.45, 7) is 6.14. The van der Waals surface area contributed by atoms with Crippen LogP contribution in [0.4, 0.5) is 0 Å². The molecule has 162 valence electrons. The van der Waals surface area contributed by atoms with E-state index in [1.54, 1.807) is 7.11 Å². The van der Waals surface area contributed by atoms with Crippen LogP contribution in [0.25, 0.3) is 0 Å². The van der Waals surface area contributed by atoms with Gasteiger partial charge in [-0.3, -0.25) is 4.79 Å². The van der Waals surface area contributed by atoms with Crippen LogP contribution in [-0.2, 0) is 6.42 Å². The van der Waals surface area contributed by atoms with E-state index in [4.69, 9.17) is 4.74 Å². The van der Waals surface area contributed by atoms with E-state index in [0.29, 0.717) is 17.8 Å². The first-order valence-corrected chi connectivity index (χ1v) is 11.2. The lowest BCUT2D eigenvalue weighted by Gasteiger charge is -2.36. The van der Waals surface area contributed by atoms with Crippen molar-refractivity contribution in [3.05, 3.63) is 41.7 Å². The number of methoxy groups -OCH3 is 1. The minimum Gasteiger partial charge on any atom is -0.497 e. The number of hydrogen-bond acceptors (Lipinski definition) is 5. The maximum Gasteiger partial charge on any atom is 0.276 e. The highest BCUT2D eigenvalue weighted by molar-refractivity contribution is 5.92. The van der Waals surface area contributed by atoms with E-state index in [2.05, 4.69) is 34.3 Å². The number of likely N-dealkylation sites (tertiary alicyclic amines) is 2. The van der Waals surface area contributed by atoms with Crippen molar-refractivity contribution in [3.63, 3.8) is 0 Å². The van der Waals surface area contributed by atoms with Crippen LogP contribution in [0.5, 0.6) is 5.75 Å². The van der Waals surface area contributed by atoms with Crippen LogP contribution in [0.2, 0.25) is 0 Å². The van der Waals surface area contributed by atoms with Gasteiger partial charge in [-0.15, -0.1) is 5.10 Å². The monoisotopic (exact) mass is 411 g/mol. The van der Waals surface area contributed by atoms with Gasteiger partial charge in [-0.1, -0.05) is 17.3 Å². The van der Waals surface area contributed by atoms with Crippen molar-refractivity contribution in [2.75, 3.05) is 33.3 Å². The number of carbonyl (C=O) groups is 1. The van der Waals surface area contributed by atoms with Gasteiger partial charge in [-0.2, -0.15) is 0 Å². The van der Waals surface area contributed by atoms with Crippen molar-refractivity contribution >= 4 is 5.91 Å². The molecule has 2 aliphatic heterocycles. The van der Waals surface area contributed by atoms with Crippen molar-refractivity contribution < 1.29 is 9.53 Å². The molecule has 2 saturated heterocycles. The third kappa shape index (κ3) is 4.83. The molecule has 1 aromatic heterocycles. The Hall–Kier alpha value is -2.41. The van der Waals surface area contributed by atoms with Gasteiger partial charge in [0, 0.05) is 32.2 Å². The molecule has 0 radical (unpaired) electrons. The summed E-state index contributed by atoms with van der Waals surface area (Å²) in [5.74, 6) is 0.940. The number of ether oxygens (including phenoxy) is 1. The van der Waals surface area contributed by atoms with Crippen LogP contribution in [0.1, 0.15) is 61.1 Å². The van der Waals surface area contributed by atoms with Gasteiger partial charge in [0.1, 0.15) is 5.75 Å². The molecule has 30 heavy (non-hydrogen) atoms. The SMILES string of the molecule is COc1ccc(CC[C@@H](C)N2CCC(n3cc(C(=O)N4CCCC4)nn3)CC2)cc1. The Balaban J connectivity index is 1.24. The van der Waals surface area contributed by atoms with Crippen molar-refractivity contribution in [3.8, 4) is 5.75 Å². The fourth-order valence-electron chi connectivity index (χ4n) is 4.58. The number of hydrogen-bond donors (Lipinski definition) is 0. The molecule has 7 heteroatoms. The zero-order valence-electron chi connectivity index (χ0n) is 18.2. The highest BCUT2D eigenvalue weighted by Gasteiger charge is 2.27. The summed E-state index contributed by atoms with van der Waals surface area (Å²) in [4.78, 5) is 17.0. The van der Waals surface area contributed by atoms with Crippen molar-refractivity contribution in [2.45, 2.75) is 57.5 Å². The molecule has 0 saturated carbocycles. The van der Waals surface area contributed by atoms with Gasteiger partial charge in [0.2, 0.25) is 0 Å². The third-order valence-corrected chi connectivity index (χ3v) is 6.63. The van der Waals surface area contributed by atoms with E-state index in [0.717, 1.165) is 70.5 Å². The molecule has 7 nitrogen and oxygen atoms in total. The summed E-state index contributed by atoms with van der Waals surface area (Å²) in [7, 11) is 1.70. The first kappa shape index (κ1) is 20.8. The third-order valence-electron chi connectivity index (χ3n) is 6.63. The largest absolute Gasteiger partial charge is 0.497 e. The van der Waals surface area contributed by atoms with Crippen molar-refractivity contribution in [2.24, 2.45) is 0 Å². The molecule has 0 spiro atoms. The number of aryl methyl sites for hydroxylation is 1. The summed E-state index contributed by atoms with van der Waals surface area (Å²) in [6.07, 6.45) is 8.37. The average molecular weight is 412 g/mol. The molecule has 1 amide bonds. The molecule has 1 atom stereocenters. The molecule has 2 aliphatic rings. The molecule has 2 fully saturated rings. The molecule has 2 aromatic rings. The lowest BCUT2D eigenvalue weighted by molar-refractivity contribution is 0.0787. The number of piperidine rings is 1. The maximum atomic E-state index is 12.5. The topological polar surface area (TPSA) is 63.5 Å². The molecule has 0 aliphatic carbocycles. The van der Waals surface area contributed by atoms with Crippen LogP contribution in [0.15, 0.2) is 30.5 Å². The van der Waals surface area contributed by atoms with Crippen molar-refractivity contribution in [1.82, 2.24) is 24.8 Å². The van der Waals surface area contributed by atoms with Crippen LogP contribution in [-0.4, -0.2) is 70.0 Å². The van der Waals surface area contributed by atoms with E-state index >= 15 is 0 Å². The van der Waals surface area contributed by atoms with Crippen LogP contribution in [0, 0.1) is 0 Å². The summed E-state index contributed by atoms with van der Waals surface area (Å²) in [6, 6.07) is 9.27. The fraction of sp³-hybridized carbons (Fsp3) is 0.609. The lowest BCUT2D eigenvalue weighted by Crippen LogP contribution is -2.40. The fourth-order valence-corrected chi connectivity index (χ4v) is 4.58. The van der Waals surface area contributed by atoms with Crippen LogP contribution < -0.4 is 4.74 Å². The predicted molar refractivity (Wildman–Crippen MR) is 116 cm³/mol. The summed E-state index contributed by atoms with van der Waals surface area (Å²) >= 11 is 0. The second-order valence-electron chi connectivity index (χ2n) is 8.59. The summed E-state index contributed by atoms with van der Waals surface area (Å²) in [5.41, 5.74) is 1.85. The summed E-state index contributed by atoms with van der Waals surface area (Å²) in [5, 5.41) is 8.45.